The molecule has 1 aliphatic rings. The van der Waals surface area contributed by atoms with Crippen molar-refractivity contribution >= 4 is 11.6 Å². The van der Waals surface area contributed by atoms with Crippen LogP contribution in [0, 0.1) is 0 Å². The predicted octanol–water partition coefficient (Wildman–Crippen LogP) is 0.0675. The third-order valence-corrected chi connectivity index (χ3v) is 3.71. The molecule has 116 valence electrons. The maximum absolute atomic E-state index is 12.4. The van der Waals surface area contributed by atoms with Crippen molar-refractivity contribution in [3.05, 3.63) is 30.5 Å². The fourth-order valence-electron chi connectivity index (χ4n) is 2.46. The third kappa shape index (κ3) is 2.91. The van der Waals surface area contributed by atoms with E-state index in [1.807, 2.05) is 17.7 Å². The number of piperazine rings is 1. The molecule has 1 saturated heterocycles. The summed E-state index contributed by atoms with van der Waals surface area (Å²) >= 11 is 0. The van der Waals surface area contributed by atoms with Gasteiger partial charge in [0.15, 0.2) is 0 Å². The molecule has 1 fully saturated rings. The summed E-state index contributed by atoms with van der Waals surface area (Å²) in [5, 5.41) is 7.91. The molecule has 2 aromatic heterocycles. The Balaban J connectivity index is 1.67. The molecule has 3 rings (SSSR count). The van der Waals surface area contributed by atoms with Crippen molar-refractivity contribution in [1.82, 2.24) is 24.6 Å². The monoisotopic (exact) mass is 302 g/mol. The minimum absolute atomic E-state index is 0.0571. The lowest BCUT2D eigenvalue weighted by molar-refractivity contribution is -0.121. The first kappa shape index (κ1) is 14.5. The number of hydrogen-bond donors (Lipinski definition) is 0. The van der Waals surface area contributed by atoms with Gasteiger partial charge < -0.3 is 14.2 Å². The number of nitrogens with zero attached hydrogens (tertiary/aromatic N) is 6. The molecule has 0 unspecified atom stereocenters. The maximum Gasteiger partial charge on any atom is 0.241 e. The van der Waals surface area contributed by atoms with Gasteiger partial charge in [-0.15, -0.1) is 10.2 Å². The summed E-state index contributed by atoms with van der Waals surface area (Å²) in [6, 6.07) is 3.59. The van der Waals surface area contributed by atoms with Crippen LogP contribution in [0.3, 0.4) is 0 Å². The number of aromatic nitrogens is 4. The van der Waals surface area contributed by atoms with E-state index in [9.17, 15) is 4.79 Å². The van der Waals surface area contributed by atoms with Crippen molar-refractivity contribution in [2.45, 2.75) is 6.54 Å². The molecule has 2 aromatic rings. The first-order valence-electron chi connectivity index (χ1n) is 7.03. The zero-order valence-electron chi connectivity index (χ0n) is 12.6. The van der Waals surface area contributed by atoms with E-state index in [4.69, 9.17) is 4.74 Å². The van der Waals surface area contributed by atoms with E-state index in [1.54, 1.807) is 30.6 Å². The van der Waals surface area contributed by atoms with Crippen LogP contribution in [0.15, 0.2) is 24.7 Å². The molecule has 0 aromatic carbocycles. The quantitative estimate of drug-likeness (QED) is 0.795. The predicted molar refractivity (Wildman–Crippen MR) is 79.4 cm³/mol. The van der Waals surface area contributed by atoms with Crippen molar-refractivity contribution in [2.75, 3.05) is 31.6 Å². The number of pyridine rings is 1. The number of amides is 1. The Hall–Kier alpha value is -2.48. The Morgan fingerprint density at radius 1 is 1.36 bits per heavy atom. The maximum atomic E-state index is 12.4. The van der Waals surface area contributed by atoms with Crippen LogP contribution in [0.1, 0.15) is 5.82 Å². The van der Waals surface area contributed by atoms with E-state index < -0.39 is 0 Å². The Morgan fingerprint density at radius 2 is 2.23 bits per heavy atom. The van der Waals surface area contributed by atoms with Crippen LogP contribution in [0.4, 0.5) is 5.69 Å². The molecule has 8 heteroatoms. The summed E-state index contributed by atoms with van der Waals surface area (Å²) in [7, 11) is 3.46. The average molecular weight is 302 g/mol. The van der Waals surface area contributed by atoms with Crippen LogP contribution < -0.4 is 9.64 Å². The van der Waals surface area contributed by atoms with Crippen molar-refractivity contribution in [2.24, 2.45) is 7.05 Å². The lowest BCUT2D eigenvalue weighted by Crippen LogP contribution is -2.50. The molecule has 0 N–H and O–H groups in total. The number of carbonyl (C=O) groups is 1. The van der Waals surface area contributed by atoms with Gasteiger partial charge in [-0.25, -0.2) is 4.98 Å². The number of anilines is 1. The van der Waals surface area contributed by atoms with Gasteiger partial charge in [0.2, 0.25) is 11.8 Å². The number of aryl methyl sites for hydroxylation is 1. The molecule has 0 aliphatic carbocycles. The van der Waals surface area contributed by atoms with Crippen molar-refractivity contribution in [1.29, 1.82) is 0 Å². The highest BCUT2D eigenvalue weighted by Gasteiger charge is 2.26. The molecular weight excluding hydrogens is 284 g/mol. The van der Waals surface area contributed by atoms with E-state index in [2.05, 4.69) is 20.1 Å². The minimum atomic E-state index is 0.0571. The van der Waals surface area contributed by atoms with Gasteiger partial charge in [0.05, 0.1) is 25.9 Å². The smallest absolute Gasteiger partial charge is 0.241 e. The van der Waals surface area contributed by atoms with Gasteiger partial charge in [-0.1, -0.05) is 0 Å². The number of rotatable bonds is 4. The van der Waals surface area contributed by atoms with Gasteiger partial charge in [-0.3, -0.25) is 9.69 Å². The van der Waals surface area contributed by atoms with Gasteiger partial charge in [-0.2, -0.15) is 0 Å². The highest BCUT2D eigenvalue weighted by atomic mass is 16.5. The van der Waals surface area contributed by atoms with Crippen LogP contribution in [0.25, 0.3) is 0 Å². The second-order valence-corrected chi connectivity index (χ2v) is 5.17. The van der Waals surface area contributed by atoms with Crippen LogP contribution in [-0.2, 0) is 18.4 Å². The normalized spacial score (nSPS) is 16.1. The number of hydrogen-bond acceptors (Lipinski definition) is 6. The van der Waals surface area contributed by atoms with Crippen molar-refractivity contribution < 1.29 is 9.53 Å². The van der Waals surface area contributed by atoms with E-state index in [0.717, 1.165) is 18.1 Å². The Morgan fingerprint density at radius 3 is 2.91 bits per heavy atom. The Labute approximate surface area is 128 Å². The van der Waals surface area contributed by atoms with Gasteiger partial charge in [0.25, 0.3) is 0 Å². The van der Waals surface area contributed by atoms with Gasteiger partial charge in [-0.05, 0) is 6.07 Å². The number of methoxy groups -OCH3 is 1. The third-order valence-electron chi connectivity index (χ3n) is 3.71. The molecule has 0 saturated carbocycles. The molecule has 1 amide bonds. The highest BCUT2D eigenvalue weighted by molar-refractivity contribution is 5.95. The average Bonchev–Trinajstić information content (AvgIpc) is 2.92. The van der Waals surface area contributed by atoms with Crippen LogP contribution in [-0.4, -0.2) is 57.3 Å². The minimum Gasteiger partial charge on any atom is -0.481 e. The van der Waals surface area contributed by atoms with Crippen LogP contribution >= 0.6 is 0 Å². The Bertz CT molecular complexity index is 671. The van der Waals surface area contributed by atoms with Gasteiger partial charge in [0, 0.05) is 32.4 Å². The molecule has 0 atom stereocenters. The molecule has 0 radical (unpaired) electrons. The van der Waals surface area contributed by atoms with E-state index in [1.165, 1.54) is 0 Å². The molecule has 22 heavy (non-hydrogen) atoms. The van der Waals surface area contributed by atoms with Gasteiger partial charge >= 0.3 is 0 Å². The second-order valence-electron chi connectivity index (χ2n) is 5.17. The van der Waals surface area contributed by atoms with Gasteiger partial charge in [0.1, 0.15) is 12.2 Å². The zero-order chi connectivity index (χ0) is 15.5. The number of ether oxygens (including phenoxy) is 1. The highest BCUT2D eigenvalue weighted by Crippen LogP contribution is 2.21. The molecule has 1 aliphatic heterocycles. The summed E-state index contributed by atoms with van der Waals surface area (Å²) in [5.74, 6) is 1.42. The van der Waals surface area contributed by atoms with Crippen LogP contribution in [0.5, 0.6) is 5.88 Å². The molecular formula is C14H18N6O2. The summed E-state index contributed by atoms with van der Waals surface area (Å²) in [6.07, 6.45) is 3.31. The zero-order valence-corrected chi connectivity index (χ0v) is 12.6. The largest absolute Gasteiger partial charge is 0.481 e. The van der Waals surface area contributed by atoms with E-state index in [0.29, 0.717) is 25.5 Å². The lowest BCUT2D eigenvalue weighted by atomic mass is 10.2. The van der Waals surface area contributed by atoms with Crippen molar-refractivity contribution in [3.63, 3.8) is 0 Å². The molecule has 0 spiro atoms. The lowest BCUT2D eigenvalue weighted by Gasteiger charge is -2.34. The van der Waals surface area contributed by atoms with Crippen molar-refractivity contribution in [3.8, 4) is 5.88 Å². The standard InChI is InChI=1S/C14H18N6O2/c1-18-10-16-17-12(18)8-19-5-6-20(14(21)9-19)11-3-4-15-13(7-11)22-2/h3-4,7,10H,5-6,8-9H2,1-2H3. The first-order chi connectivity index (χ1) is 10.7. The fraction of sp³-hybridized carbons (Fsp3) is 0.429. The van der Waals surface area contributed by atoms with E-state index >= 15 is 0 Å². The summed E-state index contributed by atoms with van der Waals surface area (Å²) in [6.45, 7) is 2.39. The molecule has 3 heterocycles. The topological polar surface area (TPSA) is 76.4 Å². The number of carbonyl (C=O) groups excluding carboxylic acids is 1. The SMILES string of the molecule is COc1cc(N2CCN(Cc3nncn3C)CC2=O)ccn1. The summed E-state index contributed by atoms with van der Waals surface area (Å²) in [4.78, 5) is 20.3. The van der Waals surface area contributed by atoms with Crippen LogP contribution in [0.2, 0.25) is 0 Å². The summed E-state index contributed by atoms with van der Waals surface area (Å²) < 4.78 is 6.97. The fourth-order valence-corrected chi connectivity index (χ4v) is 2.46. The summed E-state index contributed by atoms with van der Waals surface area (Å²) in [5.41, 5.74) is 0.815. The Kier molecular flexibility index (Phi) is 4.01. The van der Waals surface area contributed by atoms with E-state index in [-0.39, 0.29) is 5.91 Å². The molecule has 8 nitrogen and oxygen atoms in total. The second kappa shape index (κ2) is 6.10. The molecule has 0 bridgehead atoms. The first-order valence-corrected chi connectivity index (χ1v) is 7.03.